The van der Waals surface area contributed by atoms with E-state index in [2.05, 4.69) is 10.6 Å². The number of ether oxygens (including phenoxy) is 3. The zero-order valence-corrected chi connectivity index (χ0v) is 17.4. The minimum atomic E-state index is -1.54. The largest absolute Gasteiger partial charge is 0.466 e. The van der Waals surface area contributed by atoms with Crippen molar-refractivity contribution in [3.63, 3.8) is 0 Å². The van der Waals surface area contributed by atoms with Gasteiger partial charge in [-0.05, 0) is 19.4 Å². The summed E-state index contributed by atoms with van der Waals surface area (Å²) in [6.07, 6.45) is -1.38. The van der Waals surface area contributed by atoms with Gasteiger partial charge in [0.15, 0.2) is 0 Å². The number of hydrogen-bond donors (Lipinski definition) is 3. The molecular formula is C20H27N3O8. The number of carbonyl (C=O) groups is 5. The molecule has 0 saturated carbocycles. The molecule has 4 N–H and O–H groups in total. The van der Waals surface area contributed by atoms with Crippen molar-refractivity contribution in [2.24, 2.45) is 11.7 Å². The van der Waals surface area contributed by atoms with Crippen molar-refractivity contribution < 1.29 is 38.2 Å². The summed E-state index contributed by atoms with van der Waals surface area (Å²) in [5, 5.41) is 4.46. The highest BCUT2D eigenvalue weighted by Gasteiger charge is 2.37. The van der Waals surface area contributed by atoms with Crippen molar-refractivity contribution in [2.75, 3.05) is 19.8 Å². The number of nitrogens with two attached hydrogens (primary N) is 1. The summed E-state index contributed by atoms with van der Waals surface area (Å²) in [5.74, 6) is -4.91. The number of nitrogens with one attached hydrogen (secondary N) is 2. The van der Waals surface area contributed by atoms with E-state index in [1.54, 1.807) is 38.1 Å². The Morgan fingerprint density at radius 1 is 0.968 bits per heavy atom. The fourth-order valence-electron chi connectivity index (χ4n) is 2.51. The summed E-state index contributed by atoms with van der Waals surface area (Å²) in [4.78, 5) is 59.8. The summed E-state index contributed by atoms with van der Waals surface area (Å²) in [6.45, 7) is 2.63. The molecule has 1 aromatic carbocycles. The summed E-state index contributed by atoms with van der Waals surface area (Å²) < 4.78 is 14.6. The summed E-state index contributed by atoms with van der Waals surface area (Å²) in [5.41, 5.74) is 6.07. The Labute approximate surface area is 179 Å². The van der Waals surface area contributed by atoms with E-state index in [0.717, 1.165) is 5.56 Å². The quantitative estimate of drug-likeness (QED) is 0.304. The minimum absolute atomic E-state index is 0.00265. The predicted molar refractivity (Wildman–Crippen MR) is 107 cm³/mol. The first-order chi connectivity index (χ1) is 14.8. The van der Waals surface area contributed by atoms with Crippen LogP contribution in [0.5, 0.6) is 0 Å². The third-order valence-electron chi connectivity index (χ3n) is 3.91. The van der Waals surface area contributed by atoms with E-state index in [-0.39, 0.29) is 19.8 Å². The van der Waals surface area contributed by atoms with Crippen molar-refractivity contribution in [1.82, 2.24) is 10.6 Å². The maximum atomic E-state index is 12.2. The van der Waals surface area contributed by atoms with Crippen LogP contribution in [0.1, 0.15) is 25.8 Å². The smallest absolute Gasteiger partial charge is 0.407 e. The SMILES string of the molecule is CCOC(=O)C[C@@H](C(=O)OCC)[C@@H](NC(=O)CNC(=O)OCc1ccccc1)C(N)=O. The molecule has 0 aromatic heterocycles. The lowest BCUT2D eigenvalue weighted by Crippen LogP contribution is -2.54. The van der Waals surface area contributed by atoms with Gasteiger partial charge in [-0.2, -0.15) is 0 Å². The van der Waals surface area contributed by atoms with Gasteiger partial charge in [0.2, 0.25) is 11.8 Å². The summed E-state index contributed by atoms with van der Waals surface area (Å²) in [6, 6.07) is 7.36. The number of rotatable bonds is 12. The van der Waals surface area contributed by atoms with Crippen LogP contribution in [0.15, 0.2) is 30.3 Å². The van der Waals surface area contributed by atoms with E-state index in [1.807, 2.05) is 6.07 Å². The first kappa shape index (κ1) is 25.4. The molecule has 0 aliphatic rings. The zero-order valence-electron chi connectivity index (χ0n) is 17.4. The van der Waals surface area contributed by atoms with Crippen LogP contribution in [0, 0.1) is 5.92 Å². The molecular weight excluding hydrogens is 410 g/mol. The third-order valence-corrected chi connectivity index (χ3v) is 3.91. The molecule has 0 aliphatic heterocycles. The van der Waals surface area contributed by atoms with E-state index >= 15 is 0 Å². The molecule has 0 bridgehead atoms. The van der Waals surface area contributed by atoms with Gasteiger partial charge in [0.25, 0.3) is 0 Å². The average molecular weight is 437 g/mol. The van der Waals surface area contributed by atoms with Gasteiger partial charge < -0.3 is 30.6 Å². The first-order valence-corrected chi connectivity index (χ1v) is 9.63. The van der Waals surface area contributed by atoms with Gasteiger partial charge in [-0.15, -0.1) is 0 Å². The van der Waals surface area contributed by atoms with E-state index in [4.69, 9.17) is 19.9 Å². The molecule has 11 heteroatoms. The highest BCUT2D eigenvalue weighted by Crippen LogP contribution is 2.13. The second-order valence-corrected chi connectivity index (χ2v) is 6.23. The number of primary amides is 1. The molecule has 0 saturated heterocycles. The van der Waals surface area contributed by atoms with Crippen LogP contribution < -0.4 is 16.4 Å². The molecule has 1 aromatic rings. The molecule has 2 atom stereocenters. The van der Waals surface area contributed by atoms with Gasteiger partial charge in [0, 0.05) is 0 Å². The van der Waals surface area contributed by atoms with Crippen LogP contribution in [0.25, 0.3) is 0 Å². The number of carbonyl (C=O) groups excluding carboxylic acids is 5. The van der Waals surface area contributed by atoms with Gasteiger partial charge in [-0.3, -0.25) is 19.2 Å². The number of benzene rings is 1. The Balaban J connectivity index is 2.67. The maximum Gasteiger partial charge on any atom is 0.407 e. The number of esters is 2. The Hall–Kier alpha value is -3.63. The Morgan fingerprint density at radius 3 is 2.19 bits per heavy atom. The summed E-state index contributed by atoms with van der Waals surface area (Å²) in [7, 11) is 0. The number of amides is 3. The highest BCUT2D eigenvalue weighted by molar-refractivity contribution is 5.93. The van der Waals surface area contributed by atoms with E-state index < -0.39 is 54.8 Å². The van der Waals surface area contributed by atoms with Crippen LogP contribution in [0.2, 0.25) is 0 Å². The Kier molecular flexibility index (Phi) is 11.1. The fourth-order valence-corrected chi connectivity index (χ4v) is 2.51. The number of hydrogen-bond acceptors (Lipinski definition) is 8. The van der Waals surface area contributed by atoms with E-state index in [9.17, 15) is 24.0 Å². The van der Waals surface area contributed by atoms with E-state index in [1.165, 1.54) is 0 Å². The second-order valence-electron chi connectivity index (χ2n) is 6.23. The second kappa shape index (κ2) is 13.6. The Bertz CT molecular complexity index is 769. The predicted octanol–water partition coefficient (Wildman–Crippen LogP) is 0.0154. The van der Waals surface area contributed by atoms with Crippen LogP contribution in [0.3, 0.4) is 0 Å². The van der Waals surface area contributed by atoms with Gasteiger partial charge in [0.1, 0.15) is 19.2 Å². The van der Waals surface area contributed by atoms with Crippen LogP contribution >= 0.6 is 0 Å². The Morgan fingerprint density at radius 2 is 1.61 bits per heavy atom. The third kappa shape index (κ3) is 9.61. The molecule has 0 fully saturated rings. The summed E-state index contributed by atoms with van der Waals surface area (Å²) >= 11 is 0. The lowest BCUT2D eigenvalue weighted by molar-refractivity contribution is -0.157. The molecule has 170 valence electrons. The van der Waals surface area contributed by atoms with Gasteiger partial charge in [-0.1, -0.05) is 30.3 Å². The topological polar surface area (TPSA) is 163 Å². The van der Waals surface area contributed by atoms with Crippen molar-refractivity contribution in [1.29, 1.82) is 0 Å². The van der Waals surface area contributed by atoms with Crippen LogP contribution in [-0.2, 0) is 40.0 Å². The molecule has 0 heterocycles. The van der Waals surface area contributed by atoms with E-state index in [0.29, 0.717) is 0 Å². The lowest BCUT2D eigenvalue weighted by atomic mass is 9.95. The van der Waals surface area contributed by atoms with Crippen LogP contribution in [-0.4, -0.2) is 55.6 Å². The van der Waals surface area contributed by atoms with Gasteiger partial charge in [0.05, 0.1) is 25.6 Å². The van der Waals surface area contributed by atoms with Crippen molar-refractivity contribution in [2.45, 2.75) is 32.9 Å². The fraction of sp³-hybridized carbons (Fsp3) is 0.450. The molecule has 0 aliphatic carbocycles. The number of alkyl carbamates (subject to hydrolysis) is 1. The lowest BCUT2D eigenvalue weighted by Gasteiger charge is -2.23. The first-order valence-electron chi connectivity index (χ1n) is 9.63. The molecule has 0 spiro atoms. The molecule has 0 unspecified atom stereocenters. The van der Waals surface area contributed by atoms with Gasteiger partial charge >= 0.3 is 18.0 Å². The molecule has 1 rings (SSSR count). The zero-order chi connectivity index (χ0) is 23.2. The van der Waals surface area contributed by atoms with Gasteiger partial charge in [-0.25, -0.2) is 4.79 Å². The minimum Gasteiger partial charge on any atom is -0.466 e. The monoisotopic (exact) mass is 437 g/mol. The molecule has 31 heavy (non-hydrogen) atoms. The highest BCUT2D eigenvalue weighted by atomic mass is 16.5. The molecule has 0 radical (unpaired) electrons. The maximum absolute atomic E-state index is 12.2. The average Bonchev–Trinajstić information content (AvgIpc) is 2.74. The van der Waals surface area contributed by atoms with Crippen molar-refractivity contribution in [3.05, 3.63) is 35.9 Å². The van der Waals surface area contributed by atoms with Crippen molar-refractivity contribution in [3.8, 4) is 0 Å². The van der Waals surface area contributed by atoms with Crippen molar-refractivity contribution >= 4 is 29.8 Å². The molecule has 11 nitrogen and oxygen atoms in total. The normalized spacial score (nSPS) is 12.1. The van der Waals surface area contributed by atoms with Crippen LogP contribution in [0.4, 0.5) is 4.79 Å². The standard InChI is InChI=1S/C20H27N3O8/c1-3-29-16(25)10-14(19(27)30-4-2)17(18(21)26)23-15(24)11-22-20(28)31-12-13-8-6-5-7-9-13/h5-9,14,17H,3-4,10-12H2,1-2H3,(H2,21,26)(H,22,28)(H,23,24)/t14-,17-/m1/s1. The molecule has 3 amide bonds.